The van der Waals surface area contributed by atoms with E-state index in [1.807, 2.05) is 0 Å². The molecule has 2 aliphatic rings. The molecule has 0 aromatic heterocycles. The number of anilines is 1. The number of piperidine rings is 1. The summed E-state index contributed by atoms with van der Waals surface area (Å²) in [5.74, 6) is 0.409. The van der Waals surface area contributed by atoms with Gasteiger partial charge in [-0.1, -0.05) is 6.92 Å². The minimum Gasteiger partial charge on any atom is -0.482 e. The van der Waals surface area contributed by atoms with Gasteiger partial charge in [-0.2, -0.15) is 5.26 Å². The second-order valence-electron chi connectivity index (χ2n) is 8.81. The third-order valence-corrected chi connectivity index (χ3v) is 5.54. The van der Waals surface area contributed by atoms with Crippen LogP contribution < -0.4 is 15.4 Å². The molecular formula is C22H28N4O4. The zero-order valence-electron chi connectivity index (χ0n) is 17.7. The number of nitriles is 1. The maximum atomic E-state index is 13.2. The van der Waals surface area contributed by atoms with Crippen molar-refractivity contribution in [3.05, 3.63) is 23.8 Å². The number of hydrogen-bond donors (Lipinski definition) is 2. The van der Waals surface area contributed by atoms with E-state index in [9.17, 15) is 14.4 Å². The van der Waals surface area contributed by atoms with Gasteiger partial charge in [-0.05, 0) is 50.8 Å². The van der Waals surface area contributed by atoms with Crippen LogP contribution in [0.15, 0.2) is 18.2 Å². The van der Waals surface area contributed by atoms with Crippen LogP contribution in [-0.2, 0) is 9.59 Å². The maximum absolute atomic E-state index is 13.2. The summed E-state index contributed by atoms with van der Waals surface area (Å²) in [6.45, 7) is 6.51. The van der Waals surface area contributed by atoms with Crippen molar-refractivity contribution < 1.29 is 19.1 Å². The molecule has 3 rings (SSSR count). The summed E-state index contributed by atoms with van der Waals surface area (Å²) in [4.78, 5) is 38.8. The van der Waals surface area contributed by atoms with Gasteiger partial charge in [-0.15, -0.1) is 0 Å². The van der Waals surface area contributed by atoms with Crippen LogP contribution in [0.1, 0.15) is 50.4 Å². The van der Waals surface area contributed by atoms with E-state index in [0.717, 1.165) is 12.8 Å². The fraction of sp³-hybridized carbons (Fsp3) is 0.545. The minimum absolute atomic E-state index is 0.0331. The van der Waals surface area contributed by atoms with Gasteiger partial charge in [0.15, 0.2) is 6.61 Å². The Bertz CT molecular complexity index is 890. The molecule has 3 amide bonds. The third kappa shape index (κ3) is 5.09. The van der Waals surface area contributed by atoms with Crippen LogP contribution in [0.4, 0.5) is 5.69 Å². The molecule has 0 saturated carbocycles. The first-order valence-electron chi connectivity index (χ1n) is 10.2. The lowest BCUT2D eigenvalue weighted by atomic mass is 9.90. The molecule has 160 valence electrons. The predicted octanol–water partition coefficient (Wildman–Crippen LogP) is 2.31. The number of ether oxygens (including phenoxy) is 1. The molecule has 8 heteroatoms. The van der Waals surface area contributed by atoms with Gasteiger partial charge in [0.2, 0.25) is 5.91 Å². The molecule has 0 aliphatic carbocycles. The standard InChI is InChI=1S/C22H28N4O4/c1-14-6-7-26(16(8-14)11-24-19(27)10-22(2,3)13-23)21(29)15-4-5-18-17(9-15)25-20(28)12-30-18/h4-5,9,14,16H,6-8,10-12H2,1-3H3,(H,24,27)(H,25,28)/t14-,16+/m1/s1. The number of amides is 3. The van der Waals surface area contributed by atoms with Gasteiger partial charge in [-0.3, -0.25) is 14.4 Å². The average molecular weight is 412 g/mol. The molecule has 2 atom stereocenters. The highest BCUT2D eigenvalue weighted by atomic mass is 16.5. The molecule has 2 aliphatic heterocycles. The highest BCUT2D eigenvalue weighted by Gasteiger charge is 2.32. The normalized spacial score (nSPS) is 21.0. The molecule has 0 spiro atoms. The number of likely N-dealkylation sites (tertiary alicyclic amines) is 1. The molecule has 2 N–H and O–H groups in total. The van der Waals surface area contributed by atoms with Crippen molar-refractivity contribution >= 4 is 23.4 Å². The van der Waals surface area contributed by atoms with Crippen LogP contribution in [0.2, 0.25) is 0 Å². The van der Waals surface area contributed by atoms with Gasteiger partial charge >= 0.3 is 0 Å². The Hall–Kier alpha value is -3.08. The summed E-state index contributed by atoms with van der Waals surface area (Å²) >= 11 is 0. The number of benzene rings is 1. The summed E-state index contributed by atoms with van der Waals surface area (Å²) in [5, 5.41) is 14.7. The summed E-state index contributed by atoms with van der Waals surface area (Å²) in [7, 11) is 0. The first kappa shape index (κ1) is 21.6. The average Bonchev–Trinajstić information content (AvgIpc) is 2.71. The fourth-order valence-corrected chi connectivity index (χ4v) is 3.83. The van der Waals surface area contributed by atoms with E-state index in [2.05, 4.69) is 23.6 Å². The smallest absolute Gasteiger partial charge is 0.262 e. The Morgan fingerprint density at radius 3 is 2.90 bits per heavy atom. The van der Waals surface area contributed by atoms with Gasteiger partial charge in [0, 0.05) is 31.1 Å². The van der Waals surface area contributed by atoms with Crippen LogP contribution in [0, 0.1) is 22.7 Å². The summed E-state index contributed by atoms with van der Waals surface area (Å²) in [6, 6.07) is 7.02. The first-order chi connectivity index (χ1) is 14.2. The zero-order valence-corrected chi connectivity index (χ0v) is 17.7. The van der Waals surface area contributed by atoms with Crippen LogP contribution in [-0.4, -0.2) is 48.4 Å². The molecule has 8 nitrogen and oxygen atoms in total. The number of nitrogens with one attached hydrogen (secondary N) is 2. The molecule has 0 radical (unpaired) electrons. The summed E-state index contributed by atoms with van der Waals surface area (Å²) < 4.78 is 5.36. The van der Waals surface area contributed by atoms with E-state index in [1.165, 1.54) is 0 Å². The van der Waals surface area contributed by atoms with Crippen molar-refractivity contribution in [3.8, 4) is 11.8 Å². The van der Waals surface area contributed by atoms with E-state index >= 15 is 0 Å². The van der Waals surface area contributed by atoms with E-state index in [1.54, 1.807) is 36.9 Å². The molecule has 1 saturated heterocycles. The van der Waals surface area contributed by atoms with Crippen LogP contribution in [0.3, 0.4) is 0 Å². The monoisotopic (exact) mass is 412 g/mol. The minimum atomic E-state index is -0.727. The van der Waals surface area contributed by atoms with E-state index in [0.29, 0.717) is 36.0 Å². The second kappa shape index (κ2) is 8.74. The largest absolute Gasteiger partial charge is 0.482 e. The van der Waals surface area contributed by atoms with Gasteiger partial charge in [0.1, 0.15) is 5.75 Å². The Labute approximate surface area is 176 Å². The number of fused-ring (bicyclic) bond motifs is 1. The van der Waals surface area contributed by atoms with Crippen molar-refractivity contribution in [2.45, 2.75) is 46.1 Å². The highest BCUT2D eigenvalue weighted by Crippen LogP contribution is 2.30. The number of hydrogen-bond acceptors (Lipinski definition) is 5. The SMILES string of the molecule is C[C@@H]1CCN(C(=O)c2ccc3c(c2)NC(=O)CO3)[C@H](CNC(=O)CC(C)(C)C#N)C1. The molecule has 2 heterocycles. The third-order valence-electron chi connectivity index (χ3n) is 5.54. The van der Waals surface area contributed by atoms with Crippen LogP contribution in [0.5, 0.6) is 5.75 Å². The van der Waals surface area contributed by atoms with Crippen molar-refractivity contribution in [1.29, 1.82) is 5.26 Å². The van der Waals surface area contributed by atoms with Crippen molar-refractivity contribution in [2.75, 3.05) is 25.0 Å². The number of nitrogens with zero attached hydrogens (tertiary/aromatic N) is 2. The quantitative estimate of drug-likeness (QED) is 0.771. The fourth-order valence-electron chi connectivity index (χ4n) is 3.83. The second-order valence-corrected chi connectivity index (χ2v) is 8.81. The summed E-state index contributed by atoms with van der Waals surface area (Å²) in [5.41, 5.74) is 0.233. The number of carbonyl (C=O) groups is 3. The van der Waals surface area contributed by atoms with Gasteiger partial charge in [0.25, 0.3) is 11.8 Å². The van der Waals surface area contributed by atoms with Gasteiger partial charge in [-0.25, -0.2) is 0 Å². The Kier molecular flexibility index (Phi) is 6.30. The Morgan fingerprint density at radius 2 is 2.17 bits per heavy atom. The molecule has 1 aromatic carbocycles. The molecule has 1 fully saturated rings. The van der Waals surface area contributed by atoms with Crippen molar-refractivity contribution in [2.24, 2.45) is 11.3 Å². The topological polar surface area (TPSA) is 112 Å². The lowest BCUT2D eigenvalue weighted by Gasteiger charge is -2.39. The maximum Gasteiger partial charge on any atom is 0.262 e. The lowest BCUT2D eigenvalue weighted by molar-refractivity contribution is -0.122. The van der Waals surface area contributed by atoms with E-state index in [-0.39, 0.29) is 36.8 Å². The molecule has 0 bridgehead atoms. The van der Waals surface area contributed by atoms with Crippen molar-refractivity contribution in [1.82, 2.24) is 10.2 Å². The van der Waals surface area contributed by atoms with Crippen LogP contribution >= 0.6 is 0 Å². The van der Waals surface area contributed by atoms with E-state index < -0.39 is 5.41 Å². The number of carbonyl (C=O) groups excluding carboxylic acids is 3. The zero-order chi connectivity index (χ0) is 21.9. The van der Waals surface area contributed by atoms with Gasteiger partial charge < -0.3 is 20.3 Å². The number of rotatable bonds is 5. The molecule has 0 unspecified atom stereocenters. The molecular weight excluding hydrogens is 384 g/mol. The lowest BCUT2D eigenvalue weighted by Crippen LogP contribution is -2.51. The highest BCUT2D eigenvalue weighted by molar-refractivity contribution is 6.00. The molecule has 30 heavy (non-hydrogen) atoms. The molecule has 1 aromatic rings. The summed E-state index contributed by atoms with van der Waals surface area (Å²) in [6.07, 6.45) is 1.80. The first-order valence-corrected chi connectivity index (χ1v) is 10.2. The van der Waals surface area contributed by atoms with Gasteiger partial charge in [0.05, 0.1) is 17.2 Å². The predicted molar refractivity (Wildman–Crippen MR) is 111 cm³/mol. The Balaban J connectivity index is 1.70. The van der Waals surface area contributed by atoms with E-state index in [4.69, 9.17) is 10.00 Å². The van der Waals surface area contributed by atoms with Crippen molar-refractivity contribution in [3.63, 3.8) is 0 Å². The van der Waals surface area contributed by atoms with Crippen LogP contribution in [0.25, 0.3) is 0 Å². The Morgan fingerprint density at radius 1 is 1.40 bits per heavy atom.